The minimum atomic E-state index is 0.159. The fourth-order valence-electron chi connectivity index (χ4n) is 2.22. The Hall–Kier alpha value is -1.46. The number of unbranched alkanes of at least 4 members (excludes halogenated alkanes) is 9. The van der Waals surface area contributed by atoms with Gasteiger partial charge in [0.15, 0.2) is 6.54 Å². The number of nitrogens with zero attached hydrogens (tertiary/aromatic N) is 4. The molecule has 0 aliphatic rings. The largest absolute Gasteiger partial charge is 0.775 e. The van der Waals surface area contributed by atoms with E-state index in [4.69, 9.17) is 4.52 Å². The second kappa shape index (κ2) is 11.4. The van der Waals surface area contributed by atoms with Crippen LogP contribution < -0.4 is 4.68 Å². The van der Waals surface area contributed by atoms with Gasteiger partial charge in [0, 0.05) is 6.42 Å². The first-order valence-electron chi connectivity index (χ1n) is 7.76. The molecule has 1 heterocycles. The molecule has 0 saturated heterocycles. The number of hydrogen-bond donors (Lipinski definition) is 0. The summed E-state index contributed by atoms with van der Waals surface area (Å²) in [7, 11) is 0. The number of aryl methyl sites for hydroxylation is 1. The first-order valence-corrected chi connectivity index (χ1v) is 7.76. The molecule has 0 spiro atoms. The van der Waals surface area contributed by atoms with Crippen molar-refractivity contribution in [2.75, 3.05) is 0 Å². The molecule has 0 aliphatic carbocycles. The molecule has 20 heavy (non-hydrogen) atoms. The lowest BCUT2D eigenvalue weighted by molar-refractivity contribution is -0.762. The standard InChI is InChI=1S/C14H26N4O2/c1-2-3-4-5-6-7-8-9-10-11-12-18-13-14(15-16-19)20-17-18/h13H,2-12H2,1H3. The average Bonchev–Trinajstić information content (AvgIpc) is 2.89. The van der Waals surface area contributed by atoms with Gasteiger partial charge in [-0.05, 0) is 6.42 Å². The molecule has 0 saturated carbocycles. The van der Waals surface area contributed by atoms with Crippen LogP contribution in [-0.2, 0) is 6.54 Å². The van der Waals surface area contributed by atoms with Crippen LogP contribution in [0.3, 0.4) is 0 Å². The topological polar surface area (TPSA) is 77.7 Å². The Balaban J connectivity index is 1.91. The van der Waals surface area contributed by atoms with E-state index >= 15 is 0 Å². The summed E-state index contributed by atoms with van der Waals surface area (Å²) in [5, 5.41) is 19.3. The fourth-order valence-corrected chi connectivity index (χ4v) is 2.22. The highest BCUT2D eigenvalue weighted by atomic mass is 16.5. The minimum Gasteiger partial charge on any atom is -0.775 e. The summed E-state index contributed by atoms with van der Waals surface area (Å²) < 4.78 is 6.46. The fraction of sp³-hybridized carbons (Fsp3) is 0.857. The van der Waals surface area contributed by atoms with Crippen LogP contribution in [0.2, 0.25) is 0 Å². The summed E-state index contributed by atoms with van der Waals surface area (Å²) in [5.41, 5.74) is 0. The lowest BCUT2D eigenvalue weighted by atomic mass is 10.1. The Morgan fingerprint density at radius 3 is 2.25 bits per heavy atom. The van der Waals surface area contributed by atoms with Gasteiger partial charge < -0.3 is 5.21 Å². The van der Waals surface area contributed by atoms with E-state index in [-0.39, 0.29) is 5.88 Å². The highest BCUT2D eigenvalue weighted by Crippen LogP contribution is 2.10. The molecule has 1 aromatic heterocycles. The number of aromatic nitrogens is 2. The van der Waals surface area contributed by atoms with Gasteiger partial charge in [-0.1, -0.05) is 63.0 Å². The molecule has 0 N–H and O–H groups in total. The molecular weight excluding hydrogens is 256 g/mol. The Bertz CT molecular complexity index is 366. The van der Waals surface area contributed by atoms with E-state index in [2.05, 4.69) is 22.6 Å². The zero-order chi connectivity index (χ0) is 14.5. The van der Waals surface area contributed by atoms with E-state index in [1.54, 1.807) is 10.9 Å². The Morgan fingerprint density at radius 2 is 1.65 bits per heavy atom. The van der Waals surface area contributed by atoms with E-state index in [9.17, 15) is 5.21 Å². The minimum absolute atomic E-state index is 0.159. The van der Waals surface area contributed by atoms with Crippen LogP contribution in [0.4, 0.5) is 5.88 Å². The molecule has 0 atom stereocenters. The quantitative estimate of drug-likeness (QED) is 0.246. The van der Waals surface area contributed by atoms with Crippen LogP contribution in [-0.4, -0.2) is 5.27 Å². The molecule has 0 unspecified atom stereocenters. The lowest BCUT2D eigenvalue weighted by Gasteiger charge is -2.00. The van der Waals surface area contributed by atoms with E-state index < -0.39 is 0 Å². The van der Waals surface area contributed by atoms with Gasteiger partial charge in [-0.25, -0.2) is 5.28 Å². The molecule has 1 aromatic rings. The molecule has 0 bridgehead atoms. The summed E-state index contributed by atoms with van der Waals surface area (Å²) in [4.78, 5) is 0. The van der Waals surface area contributed by atoms with Crippen LogP contribution in [0, 0.1) is 5.21 Å². The normalized spacial score (nSPS) is 11.4. The maximum Gasteiger partial charge on any atom is 0.339 e. The summed E-state index contributed by atoms with van der Waals surface area (Å²) >= 11 is 0. The third-order valence-corrected chi connectivity index (χ3v) is 3.38. The van der Waals surface area contributed by atoms with E-state index in [0.29, 0.717) is 0 Å². The molecule has 0 radical (unpaired) electrons. The predicted molar refractivity (Wildman–Crippen MR) is 76.4 cm³/mol. The maximum atomic E-state index is 9.91. The third-order valence-electron chi connectivity index (χ3n) is 3.38. The van der Waals surface area contributed by atoms with Gasteiger partial charge in [-0.3, -0.25) is 4.52 Å². The van der Waals surface area contributed by atoms with Crippen molar-refractivity contribution >= 4 is 5.88 Å². The van der Waals surface area contributed by atoms with Crippen molar-refractivity contribution in [3.8, 4) is 0 Å². The van der Waals surface area contributed by atoms with Crippen molar-refractivity contribution in [2.45, 2.75) is 77.7 Å². The van der Waals surface area contributed by atoms with Gasteiger partial charge in [0.2, 0.25) is 5.27 Å². The summed E-state index contributed by atoms with van der Waals surface area (Å²) in [5.74, 6) is 0.159. The van der Waals surface area contributed by atoms with Crippen LogP contribution in [0.15, 0.2) is 21.1 Å². The van der Waals surface area contributed by atoms with Crippen LogP contribution >= 0.6 is 0 Å². The van der Waals surface area contributed by atoms with Crippen molar-refractivity contribution in [2.24, 2.45) is 10.4 Å². The monoisotopic (exact) mass is 282 g/mol. The SMILES string of the molecule is CCCCCCCCCCCC[n+]1cc(/N=N/[O-])on1. The first kappa shape index (κ1) is 16.6. The molecule has 6 nitrogen and oxygen atoms in total. The van der Waals surface area contributed by atoms with Crippen molar-refractivity contribution in [3.05, 3.63) is 11.4 Å². The van der Waals surface area contributed by atoms with Crippen molar-refractivity contribution in [3.63, 3.8) is 0 Å². The van der Waals surface area contributed by atoms with Crippen LogP contribution in [0.25, 0.3) is 0 Å². The zero-order valence-corrected chi connectivity index (χ0v) is 12.5. The van der Waals surface area contributed by atoms with Crippen molar-refractivity contribution in [1.29, 1.82) is 0 Å². The summed E-state index contributed by atoms with van der Waals surface area (Å²) in [6, 6.07) is 0. The molecule has 1 rings (SSSR count). The second-order valence-corrected chi connectivity index (χ2v) is 5.17. The molecule has 114 valence electrons. The Kier molecular flexibility index (Phi) is 9.44. The van der Waals surface area contributed by atoms with Gasteiger partial charge in [0.1, 0.15) is 0 Å². The first-order chi connectivity index (χ1) is 9.86. The Labute approximate surface area is 120 Å². The van der Waals surface area contributed by atoms with E-state index in [0.717, 1.165) is 13.0 Å². The molecule has 0 aromatic carbocycles. The van der Waals surface area contributed by atoms with Gasteiger partial charge >= 0.3 is 5.88 Å². The molecular formula is C14H26N4O2. The van der Waals surface area contributed by atoms with Gasteiger partial charge in [-0.15, -0.1) is 5.11 Å². The van der Waals surface area contributed by atoms with Crippen molar-refractivity contribution < 1.29 is 9.20 Å². The second-order valence-electron chi connectivity index (χ2n) is 5.17. The van der Waals surface area contributed by atoms with Crippen molar-refractivity contribution in [1.82, 2.24) is 5.27 Å². The van der Waals surface area contributed by atoms with Crippen LogP contribution in [0.5, 0.6) is 0 Å². The average molecular weight is 282 g/mol. The zero-order valence-electron chi connectivity index (χ0n) is 12.5. The third kappa shape index (κ3) is 7.86. The molecule has 0 fully saturated rings. The van der Waals surface area contributed by atoms with Gasteiger partial charge in [-0.2, -0.15) is 0 Å². The maximum absolute atomic E-state index is 9.91. The lowest BCUT2D eigenvalue weighted by Crippen LogP contribution is -2.34. The Morgan fingerprint density at radius 1 is 1.05 bits per heavy atom. The molecule has 0 amide bonds. The van der Waals surface area contributed by atoms with E-state index in [1.807, 2.05) is 0 Å². The number of hydrogen-bond acceptors (Lipinski definition) is 5. The number of rotatable bonds is 12. The summed E-state index contributed by atoms with van der Waals surface area (Å²) in [6.07, 6.45) is 14.7. The van der Waals surface area contributed by atoms with Gasteiger partial charge in [0.25, 0.3) is 6.20 Å². The van der Waals surface area contributed by atoms with E-state index in [1.165, 1.54) is 57.8 Å². The van der Waals surface area contributed by atoms with Crippen LogP contribution in [0.1, 0.15) is 71.1 Å². The molecule has 6 heteroatoms. The predicted octanol–water partition coefficient (Wildman–Crippen LogP) is 4.46. The summed E-state index contributed by atoms with van der Waals surface area (Å²) in [6.45, 7) is 3.05. The highest BCUT2D eigenvalue weighted by molar-refractivity contribution is 5.09. The smallest absolute Gasteiger partial charge is 0.339 e. The highest BCUT2D eigenvalue weighted by Gasteiger charge is 2.09. The molecule has 0 aliphatic heterocycles. The van der Waals surface area contributed by atoms with Gasteiger partial charge in [0.05, 0.1) is 0 Å².